The highest BCUT2D eigenvalue weighted by atomic mass is 35.5. The number of amides is 1. The fraction of sp³-hybridized carbons (Fsp3) is 0.312. The van der Waals surface area contributed by atoms with Crippen LogP contribution in [0.1, 0.15) is 40.0 Å². The Morgan fingerprint density at radius 1 is 1.30 bits per heavy atom. The van der Waals surface area contributed by atoms with Gasteiger partial charge in [-0.25, -0.2) is 4.98 Å². The third kappa shape index (κ3) is 4.77. The Morgan fingerprint density at radius 2 is 1.96 bits per heavy atom. The van der Waals surface area contributed by atoms with Gasteiger partial charge in [0.15, 0.2) is 0 Å². The van der Waals surface area contributed by atoms with Gasteiger partial charge < -0.3 is 10.0 Å². The molecule has 0 saturated heterocycles. The van der Waals surface area contributed by atoms with Gasteiger partial charge in [0.05, 0.1) is 11.2 Å². The van der Waals surface area contributed by atoms with Crippen LogP contribution in [0, 0.1) is 0 Å². The molecule has 23 heavy (non-hydrogen) atoms. The number of hydrogen-bond donors (Lipinski definition) is 1. The second-order valence-corrected chi connectivity index (χ2v) is 6.90. The van der Waals surface area contributed by atoms with Crippen molar-refractivity contribution in [2.75, 3.05) is 6.54 Å². The van der Waals surface area contributed by atoms with Crippen molar-refractivity contribution in [3.63, 3.8) is 0 Å². The first-order chi connectivity index (χ1) is 10.9. The van der Waals surface area contributed by atoms with Crippen molar-refractivity contribution in [1.29, 1.82) is 0 Å². The number of hydrogen-bond acceptors (Lipinski definition) is 4. The summed E-state index contributed by atoms with van der Waals surface area (Å²) >= 11 is 7.14. The first kappa shape index (κ1) is 17.4. The Labute approximate surface area is 143 Å². The van der Waals surface area contributed by atoms with Crippen molar-refractivity contribution < 1.29 is 14.7 Å². The second kappa shape index (κ2) is 7.57. The number of rotatable bonds is 6. The zero-order chi connectivity index (χ0) is 17.0. The minimum atomic E-state index is -1.05. The van der Waals surface area contributed by atoms with E-state index in [1.165, 1.54) is 22.4 Å². The molecule has 1 amide bonds. The van der Waals surface area contributed by atoms with Crippen molar-refractivity contribution >= 4 is 34.8 Å². The molecule has 5 nitrogen and oxygen atoms in total. The summed E-state index contributed by atoms with van der Waals surface area (Å²) in [5, 5.41) is 10.5. The third-order valence-electron chi connectivity index (χ3n) is 3.13. The van der Waals surface area contributed by atoms with Gasteiger partial charge in [0, 0.05) is 17.5 Å². The molecule has 0 radical (unpaired) electrons. The summed E-state index contributed by atoms with van der Waals surface area (Å²) in [5.74, 6) is -1.15. The molecule has 0 aliphatic carbocycles. The molecule has 0 spiro atoms. The van der Waals surface area contributed by atoms with Crippen LogP contribution in [0.4, 0.5) is 0 Å². The van der Waals surface area contributed by atoms with Crippen molar-refractivity contribution in [1.82, 2.24) is 9.88 Å². The smallest absolute Gasteiger partial charge is 0.323 e. The second-order valence-electron chi connectivity index (χ2n) is 5.40. The topological polar surface area (TPSA) is 70.5 Å². The normalized spacial score (nSPS) is 10.8. The van der Waals surface area contributed by atoms with E-state index in [9.17, 15) is 9.59 Å². The molecular weight excluding hydrogens is 336 g/mol. The summed E-state index contributed by atoms with van der Waals surface area (Å²) in [6.45, 7) is 3.83. The lowest BCUT2D eigenvalue weighted by Crippen LogP contribution is -2.34. The predicted octanol–water partition coefficient (Wildman–Crippen LogP) is 3.65. The van der Waals surface area contributed by atoms with Gasteiger partial charge in [-0.15, -0.1) is 11.3 Å². The van der Waals surface area contributed by atoms with Crippen LogP contribution in [0.2, 0.25) is 5.02 Å². The number of halogens is 1. The number of aliphatic carboxylic acids is 1. The van der Waals surface area contributed by atoms with Crippen LogP contribution in [0.15, 0.2) is 30.5 Å². The summed E-state index contributed by atoms with van der Waals surface area (Å²) in [4.78, 5) is 29.6. The van der Waals surface area contributed by atoms with Crippen molar-refractivity contribution in [3.8, 4) is 0 Å². The number of carbonyl (C=O) groups excluding carboxylic acids is 1. The molecular formula is C16H17ClN2O3S. The number of aromatic nitrogens is 1. The quantitative estimate of drug-likeness (QED) is 0.861. The maximum absolute atomic E-state index is 12.6. The number of carboxylic acid groups (broad SMARTS) is 1. The van der Waals surface area contributed by atoms with E-state index in [0.717, 1.165) is 10.6 Å². The monoisotopic (exact) mass is 352 g/mol. The number of thiazole rings is 1. The van der Waals surface area contributed by atoms with Gasteiger partial charge in [0.25, 0.3) is 5.91 Å². The van der Waals surface area contributed by atoms with E-state index in [4.69, 9.17) is 16.7 Å². The lowest BCUT2D eigenvalue weighted by atomic mass is 10.2. The Kier molecular flexibility index (Phi) is 5.74. The van der Waals surface area contributed by atoms with Crippen molar-refractivity contribution in [2.45, 2.75) is 26.3 Å². The summed E-state index contributed by atoms with van der Waals surface area (Å²) in [6.07, 6.45) is 1.51. The molecule has 1 aromatic carbocycles. The van der Waals surface area contributed by atoms with E-state index in [1.54, 1.807) is 24.3 Å². The molecule has 122 valence electrons. The minimum Gasteiger partial charge on any atom is -0.480 e. The van der Waals surface area contributed by atoms with Crippen LogP contribution in [-0.4, -0.2) is 33.4 Å². The zero-order valence-corrected chi connectivity index (χ0v) is 14.4. The maximum atomic E-state index is 12.6. The first-order valence-electron chi connectivity index (χ1n) is 7.08. The van der Waals surface area contributed by atoms with Gasteiger partial charge in [-0.3, -0.25) is 9.59 Å². The Balaban J connectivity index is 2.20. The fourth-order valence-electron chi connectivity index (χ4n) is 1.98. The Hall–Kier alpha value is -1.92. The van der Waals surface area contributed by atoms with Gasteiger partial charge in [-0.05, 0) is 17.7 Å². The van der Waals surface area contributed by atoms with Crippen molar-refractivity contribution in [2.24, 2.45) is 0 Å². The van der Waals surface area contributed by atoms with Gasteiger partial charge in [0.2, 0.25) is 0 Å². The Morgan fingerprint density at radius 3 is 2.48 bits per heavy atom. The molecule has 7 heteroatoms. The molecule has 0 aliphatic rings. The third-order valence-corrected chi connectivity index (χ3v) is 4.67. The van der Waals surface area contributed by atoms with E-state index >= 15 is 0 Å². The maximum Gasteiger partial charge on any atom is 0.323 e. The minimum absolute atomic E-state index is 0.206. The van der Waals surface area contributed by atoms with E-state index in [1.807, 2.05) is 13.8 Å². The van der Waals surface area contributed by atoms with E-state index in [0.29, 0.717) is 9.90 Å². The van der Waals surface area contributed by atoms with Gasteiger partial charge in [-0.1, -0.05) is 37.6 Å². The van der Waals surface area contributed by atoms with E-state index in [2.05, 4.69) is 4.98 Å². The summed E-state index contributed by atoms with van der Waals surface area (Å²) in [5.41, 5.74) is 0.817. The number of nitrogens with zero attached hydrogens (tertiary/aromatic N) is 2. The van der Waals surface area contributed by atoms with E-state index < -0.39 is 5.97 Å². The average Bonchev–Trinajstić information content (AvgIpc) is 2.97. The summed E-state index contributed by atoms with van der Waals surface area (Å²) < 4.78 is 0. The average molecular weight is 353 g/mol. The van der Waals surface area contributed by atoms with Crippen LogP contribution in [0.5, 0.6) is 0 Å². The molecule has 1 N–H and O–H groups in total. The van der Waals surface area contributed by atoms with Gasteiger partial charge in [-0.2, -0.15) is 0 Å². The number of benzene rings is 1. The lowest BCUT2D eigenvalue weighted by molar-refractivity contribution is -0.137. The summed E-state index contributed by atoms with van der Waals surface area (Å²) in [7, 11) is 0. The van der Waals surface area contributed by atoms with Crippen LogP contribution in [-0.2, 0) is 11.3 Å². The van der Waals surface area contributed by atoms with Crippen LogP contribution in [0.25, 0.3) is 0 Å². The van der Waals surface area contributed by atoms with Gasteiger partial charge >= 0.3 is 5.97 Å². The molecule has 1 heterocycles. The molecule has 0 unspecified atom stereocenters. The molecule has 2 aromatic rings. The molecule has 0 saturated carbocycles. The predicted molar refractivity (Wildman–Crippen MR) is 90.0 cm³/mol. The van der Waals surface area contributed by atoms with Crippen LogP contribution in [0.3, 0.4) is 0 Å². The van der Waals surface area contributed by atoms with Crippen LogP contribution >= 0.6 is 22.9 Å². The number of carbonyl (C=O) groups is 2. The first-order valence-corrected chi connectivity index (χ1v) is 8.27. The standard InChI is InChI=1S/C16H17ClN2O3S/c1-10(2)15-18-7-13(23-15)16(22)19(9-14(20)21)8-11-3-5-12(17)6-4-11/h3-7,10H,8-9H2,1-2H3,(H,20,21). The van der Waals surface area contributed by atoms with Crippen molar-refractivity contribution in [3.05, 3.63) is 50.9 Å². The summed E-state index contributed by atoms with van der Waals surface area (Å²) in [6, 6.07) is 6.97. The fourth-order valence-corrected chi connectivity index (χ4v) is 3.00. The lowest BCUT2D eigenvalue weighted by Gasteiger charge is -2.20. The Bertz CT molecular complexity index is 698. The zero-order valence-electron chi connectivity index (χ0n) is 12.8. The highest BCUT2D eigenvalue weighted by Crippen LogP contribution is 2.23. The molecule has 0 atom stereocenters. The molecule has 0 fully saturated rings. The molecule has 0 bridgehead atoms. The SMILES string of the molecule is CC(C)c1ncc(C(=O)N(CC(=O)O)Cc2ccc(Cl)cc2)s1. The van der Waals surface area contributed by atoms with Gasteiger partial charge in [0.1, 0.15) is 11.4 Å². The largest absolute Gasteiger partial charge is 0.480 e. The van der Waals surface area contributed by atoms with E-state index in [-0.39, 0.29) is 24.9 Å². The highest BCUT2D eigenvalue weighted by Gasteiger charge is 2.21. The number of carboxylic acids is 1. The van der Waals surface area contributed by atoms with Crippen LogP contribution < -0.4 is 0 Å². The molecule has 2 rings (SSSR count). The molecule has 1 aromatic heterocycles. The molecule has 0 aliphatic heterocycles. The highest BCUT2D eigenvalue weighted by molar-refractivity contribution is 7.13.